The molecular weight excluding hydrogens is 518 g/mol. The van der Waals surface area contributed by atoms with Crippen LogP contribution < -0.4 is 5.56 Å². The minimum Gasteiger partial charge on any atom is -0.426 e. The number of carbonyl (C=O) groups is 3. The van der Waals surface area contributed by atoms with Crippen LogP contribution in [0.5, 0.6) is 0 Å². The minimum atomic E-state index is -1.01. The van der Waals surface area contributed by atoms with Gasteiger partial charge in [-0.1, -0.05) is 32.4 Å². The first-order valence-corrected chi connectivity index (χ1v) is 13.0. The first-order chi connectivity index (χ1) is 17.3. The molecule has 3 heterocycles. The minimum absolute atomic E-state index is 0.0614. The van der Waals surface area contributed by atoms with E-state index >= 15 is 0 Å². The maximum absolute atomic E-state index is 13.2. The second-order valence-electron chi connectivity index (χ2n) is 9.53. The lowest BCUT2D eigenvalue weighted by Gasteiger charge is -2.17. The Bertz CT molecular complexity index is 1350. The summed E-state index contributed by atoms with van der Waals surface area (Å²) >= 11 is 7.53. The first-order valence-electron chi connectivity index (χ1n) is 11.8. The van der Waals surface area contributed by atoms with E-state index in [9.17, 15) is 19.2 Å². The first kappa shape index (κ1) is 28.3. The molecule has 0 amide bonds. The zero-order valence-corrected chi connectivity index (χ0v) is 23.0. The van der Waals surface area contributed by atoms with Gasteiger partial charge in [-0.2, -0.15) is 5.10 Å². The third kappa shape index (κ3) is 7.62. The van der Waals surface area contributed by atoms with Crippen LogP contribution in [-0.2, 0) is 38.4 Å². The smallest absolute Gasteiger partial charge is 0.310 e. The van der Waals surface area contributed by atoms with Gasteiger partial charge < -0.3 is 14.0 Å². The number of hydrogen-bond acceptors (Lipinski definition) is 8. The second-order valence-corrected chi connectivity index (χ2v) is 11.3. The zero-order chi connectivity index (χ0) is 27.3. The number of carbonyl (C=O) groups excluding carboxylic acids is 3. The average Bonchev–Trinajstić information content (AvgIpc) is 3.41. The monoisotopic (exact) mass is 547 g/mol. The standard InChI is InChI=1S/C26H30ClN3O6S/c1-16(31)35-17(2)36-23(32)12-14-29-13-6-7-20(24(29)33)21-15-18(8-9-19-10-11-22(27)37-19)30(28-21)25(34)26(3,4)5/h6-7,10-11,13,15,17H,8-9,12,14H2,1-5H3. The highest BCUT2D eigenvalue weighted by Crippen LogP contribution is 2.25. The summed E-state index contributed by atoms with van der Waals surface area (Å²) < 4.78 is 13.3. The van der Waals surface area contributed by atoms with Gasteiger partial charge in [-0.05, 0) is 43.2 Å². The zero-order valence-electron chi connectivity index (χ0n) is 21.4. The van der Waals surface area contributed by atoms with E-state index in [1.54, 1.807) is 24.4 Å². The third-order valence-electron chi connectivity index (χ3n) is 5.36. The van der Waals surface area contributed by atoms with E-state index in [0.717, 1.165) is 4.88 Å². The van der Waals surface area contributed by atoms with Crippen molar-refractivity contribution in [2.75, 3.05) is 0 Å². The Balaban J connectivity index is 1.84. The number of aromatic nitrogens is 3. The molecule has 0 spiro atoms. The highest BCUT2D eigenvalue weighted by atomic mass is 35.5. The van der Waals surface area contributed by atoms with E-state index in [1.165, 1.54) is 34.4 Å². The number of esters is 2. The lowest BCUT2D eigenvalue weighted by atomic mass is 9.95. The van der Waals surface area contributed by atoms with Gasteiger partial charge in [0.15, 0.2) is 0 Å². The molecule has 3 aromatic rings. The Morgan fingerprint density at radius 3 is 2.49 bits per heavy atom. The summed E-state index contributed by atoms with van der Waals surface area (Å²) in [7, 11) is 0. The number of nitrogens with zero attached hydrogens (tertiary/aromatic N) is 3. The van der Waals surface area contributed by atoms with E-state index in [-0.39, 0.29) is 24.4 Å². The topological polar surface area (TPSA) is 109 Å². The SMILES string of the molecule is CC(=O)OC(C)OC(=O)CCn1cccc(-c2cc(CCc3ccc(Cl)s3)n(C(=O)C(C)(C)C)n2)c1=O. The molecule has 0 N–H and O–H groups in total. The van der Waals surface area contributed by atoms with Crippen molar-refractivity contribution in [1.82, 2.24) is 14.3 Å². The number of thiophene rings is 1. The molecule has 1 atom stereocenters. The van der Waals surface area contributed by atoms with Crippen molar-refractivity contribution in [2.45, 2.75) is 66.7 Å². The van der Waals surface area contributed by atoms with Gasteiger partial charge in [-0.3, -0.25) is 19.2 Å². The van der Waals surface area contributed by atoms with Crippen LogP contribution in [0.4, 0.5) is 0 Å². The highest BCUT2D eigenvalue weighted by molar-refractivity contribution is 7.16. The van der Waals surface area contributed by atoms with E-state index < -0.39 is 23.6 Å². The Labute approximate surface area is 224 Å². The van der Waals surface area contributed by atoms with Crippen molar-refractivity contribution in [3.63, 3.8) is 0 Å². The van der Waals surface area contributed by atoms with Crippen LogP contribution in [0.15, 0.2) is 41.3 Å². The van der Waals surface area contributed by atoms with Crippen molar-refractivity contribution in [3.05, 3.63) is 61.8 Å². The molecule has 1 unspecified atom stereocenters. The van der Waals surface area contributed by atoms with Crippen molar-refractivity contribution < 1.29 is 23.9 Å². The lowest BCUT2D eigenvalue weighted by molar-refractivity contribution is -0.183. The van der Waals surface area contributed by atoms with Gasteiger partial charge in [0.2, 0.25) is 6.29 Å². The molecule has 0 fully saturated rings. The van der Waals surface area contributed by atoms with E-state index in [4.69, 9.17) is 21.1 Å². The summed E-state index contributed by atoms with van der Waals surface area (Å²) in [5, 5.41) is 4.52. The summed E-state index contributed by atoms with van der Waals surface area (Å²) in [6.45, 7) is 8.16. The molecule has 0 radical (unpaired) electrons. The number of hydrogen-bond donors (Lipinski definition) is 0. The molecule has 0 aromatic carbocycles. The molecule has 11 heteroatoms. The largest absolute Gasteiger partial charge is 0.426 e. The quantitative estimate of drug-likeness (QED) is 0.281. The van der Waals surface area contributed by atoms with Gasteiger partial charge in [0.25, 0.3) is 11.5 Å². The second kappa shape index (κ2) is 11.9. The van der Waals surface area contributed by atoms with Crippen molar-refractivity contribution in [1.29, 1.82) is 0 Å². The maximum atomic E-state index is 13.2. The fourth-order valence-corrected chi connectivity index (χ4v) is 4.67. The van der Waals surface area contributed by atoms with E-state index in [0.29, 0.717) is 34.1 Å². The van der Waals surface area contributed by atoms with Gasteiger partial charge in [-0.25, -0.2) is 4.68 Å². The number of halogens is 1. The predicted molar refractivity (Wildman–Crippen MR) is 141 cm³/mol. The molecule has 0 aliphatic carbocycles. The molecule has 0 saturated carbocycles. The Morgan fingerprint density at radius 2 is 1.86 bits per heavy atom. The predicted octanol–water partition coefficient (Wildman–Crippen LogP) is 4.74. The van der Waals surface area contributed by atoms with Crippen LogP contribution in [0.3, 0.4) is 0 Å². The van der Waals surface area contributed by atoms with E-state index in [2.05, 4.69) is 5.10 Å². The molecule has 3 aromatic heterocycles. The highest BCUT2D eigenvalue weighted by Gasteiger charge is 2.27. The Kier molecular flexibility index (Phi) is 9.09. The summed E-state index contributed by atoms with van der Waals surface area (Å²) in [5.41, 5.74) is 0.349. The van der Waals surface area contributed by atoms with Crippen LogP contribution >= 0.6 is 22.9 Å². The fraction of sp³-hybridized carbons (Fsp3) is 0.423. The molecule has 0 bridgehead atoms. The number of pyridine rings is 1. The van der Waals surface area contributed by atoms with Gasteiger partial charge in [-0.15, -0.1) is 11.3 Å². The summed E-state index contributed by atoms with van der Waals surface area (Å²) in [6.07, 6.45) is 1.67. The molecule has 9 nitrogen and oxygen atoms in total. The van der Waals surface area contributed by atoms with Crippen molar-refractivity contribution in [2.24, 2.45) is 5.41 Å². The number of ether oxygens (including phenoxy) is 2. The number of aryl methyl sites for hydroxylation is 3. The van der Waals surface area contributed by atoms with Gasteiger partial charge in [0.05, 0.1) is 22.0 Å². The number of rotatable bonds is 9. The Morgan fingerprint density at radius 1 is 1.14 bits per heavy atom. The molecule has 3 rings (SSSR count). The van der Waals surface area contributed by atoms with Gasteiger partial charge in [0.1, 0.15) is 0 Å². The molecule has 0 aliphatic rings. The Hall–Kier alpha value is -3.24. The summed E-state index contributed by atoms with van der Waals surface area (Å²) in [5.74, 6) is -1.35. The summed E-state index contributed by atoms with van der Waals surface area (Å²) in [6, 6.07) is 8.87. The van der Waals surface area contributed by atoms with Crippen molar-refractivity contribution in [3.8, 4) is 11.3 Å². The molecule has 0 saturated heterocycles. The van der Waals surface area contributed by atoms with Crippen molar-refractivity contribution >= 4 is 40.8 Å². The van der Waals surface area contributed by atoms with Gasteiger partial charge in [0, 0.05) is 42.6 Å². The van der Waals surface area contributed by atoms with Crippen LogP contribution in [0, 0.1) is 5.41 Å². The molecule has 198 valence electrons. The summed E-state index contributed by atoms with van der Waals surface area (Å²) in [4.78, 5) is 50.5. The van der Waals surface area contributed by atoms with Crippen LogP contribution in [0.2, 0.25) is 4.34 Å². The molecule has 0 aliphatic heterocycles. The van der Waals surface area contributed by atoms with Crippen LogP contribution in [0.1, 0.15) is 56.4 Å². The van der Waals surface area contributed by atoms with Crippen LogP contribution in [-0.4, -0.2) is 38.5 Å². The average molecular weight is 548 g/mol. The molecular formula is C26H30ClN3O6S. The fourth-order valence-electron chi connectivity index (χ4n) is 3.58. The van der Waals surface area contributed by atoms with Crippen LogP contribution in [0.25, 0.3) is 11.3 Å². The van der Waals surface area contributed by atoms with E-state index in [1.807, 2.05) is 32.9 Å². The maximum Gasteiger partial charge on any atom is 0.310 e. The normalized spacial score (nSPS) is 12.3. The lowest BCUT2D eigenvalue weighted by Crippen LogP contribution is -2.29. The third-order valence-corrected chi connectivity index (χ3v) is 6.65. The van der Waals surface area contributed by atoms with Gasteiger partial charge >= 0.3 is 11.9 Å². The molecule has 37 heavy (non-hydrogen) atoms.